The maximum atomic E-state index is 12.1. The van der Waals surface area contributed by atoms with Crippen molar-refractivity contribution in [2.45, 2.75) is 6.54 Å². The van der Waals surface area contributed by atoms with E-state index in [1.807, 2.05) is 18.2 Å². The molecule has 0 saturated carbocycles. The van der Waals surface area contributed by atoms with Crippen molar-refractivity contribution in [3.63, 3.8) is 0 Å². The molecule has 0 aliphatic carbocycles. The monoisotopic (exact) mass is 291 g/mol. The summed E-state index contributed by atoms with van der Waals surface area (Å²) in [7, 11) is 1.55. The van der Waals surface area contributed by atoms with E-state index in [0.717, 1.165) is 5.56 Å². The zero-order valence-corrected chi connectivity index (χ0v) is 11.7. The van der Waals surface area contributed by atoms with E-state index < -0.39 is 17.7 Å². The summed E-state index contributed by atoms with van der Waals surface area (Å²) in [5, 5.41) is 0. The van der Waals surface area contributed by atoms with Crippen LogP contribution in [0.4, 0.5) is 0 Å². The van der Waals surface area contributed by atoms with Crippen LogP contribution in [0.1, 0.15) is 5.56 Å². The van der Waals surface area contributed by atoms with E-state index in [4.69, 9.17) is 10.5 Å². The van der Waals surface area contributed by atoms with Gasteiger partial charge >= 0.3 is 11.8 Å². The number of hydrogen-bond acceptors (Lipinski definition) is 4. The Morgan fingerprint density at radius 1 is 1.19 bits per heavy atom. The lowest BCUT2D eigenvalue weighted by atomic mass is 10.1. The molecule has 1 fully saturated rings. The van der Waals surface area contributed by atoms with Crippen molar-refractivity contribution >= 4 is 17.7 Å². The molecule has 0 spiro atoms. The maximum absolute atomic E-state index is 12.1. The third-order valence-corrected chi connectivity index (χ3v) is 3.30. The molecular formula is C14H17N3O4. The first-order valence-corrected chi connectivity index (χ1v) is 6.51. The first-order valence-electron chi connectivity index (χ1n) is 6.51. The predicted molar refractivity (Wildman–Crippen MR) is 74.2 cm³/mol. The van der Waals surface area contributed by atoms with Gasteiger partial charge in [0.15, 0.2) is 0 Å². The van der Waals surface area contributed by atoms with Crippen LogP contribution in [0.2, 0.25) is 0 Å². The average Bonchev–Trinajstić information content (AvgIpc) is 2.47. The molecular weight excluding hydrogens is 274 g/mol. The fourth-order valence-corrected chi connectivity index (χ4v) is 2.24. The molecule has 1 heterocycles. The smallest absolute Gasteiger partial charge is 0.312 e. The number of primary amides is 1. The van der Waals surface area contributed by atoms with Crippen molar-refractivity contribution in [2.75, 3.05) is 26.7 Å². The average molecular weight is 291 g/mol. The van der Waals surface area contributed by atoms with Crippen LogP contribution in [0.15, 0.2) is 24.3 Å². The molecule has 1 aliphatic rings. The van der Waals surface area contributed by atoms with Gasteiger partial charge in [-0.25, -0.2) is 0 Å². The van der Waals surface area contributed by atoms with Gasteiger partial charge in [0.2, 0.25) is 5.91 Å². The Labute approximate surface area is 122 Å². The van der Waals surface area contributed by atoms with Gasteiger partial charge in [0.1, 0.15) is 5.75 Å². The molecule has 2 rings (SSSR count). The molecule has 7 heteroatoms. The third-order valence-electron chi connectivity index (χ3n) is 3.30. The molecule has 1 aromatic carbocycles. The first kappa shape index (κ1) is 14.8. The van der Waals surface area contributed by atoms with E-state index in [0.29, 0.717) is 25.4 Å². The molecule has 0 aromatic heterocycles. The summed E-state index contributed by atoms with van der Waals surface area (Å²) in [6.45, 7) is 0.713. The lowest BCUT2D eigenvalue weighted by Gasteiger charge is -2.33. The zero-order chi connectivity index (χ0) is 15.4. The van der Waals surface area contributed by atoms with Gasteiger partial charge in [-0.1, -0.05) is 18.2 Å². The standard InChI is InChI=1S/C14H17N3O4/c1-21-11-5-3-2-4-10(11)8-16-6-7-17(9-12(15)18)14(20)13(16)19/h2-5H,6-9H2,1H3,(H2,15,18). The Balaban J connectivity index is 2.08. The largest absolute Gasteiger partial charge is 0.496 e. The molecule has 112 valence electrons. The highest BCUT2D eigenvalue weighted by Gasteiger charge is 2.33. The normalized spacial score (nSPS) is 15.3. The Hall–Kier alpha value is -2.57. The molecule has 1 aliphatic heterocycles. The Morgan fingerprint density at radius 2 is 1.81 bits per heavy atom. The van der Waals surface area contributed by atoms with Gasteiger partial charge in [-0.3, -0.25) is 14.4 Å². The van der Waals surface area contributed by atoms with Gasteiger partial charge in [-0.05, 0) is 6.07 Å². The number of amides is 3. The topological polar surface area (TPSA) is 92.9 Å². The second-order valence-electron chi connectivity index (χ2n) is 4.73. The highest BCUT2D eigenvalue weighted by Crippen LogP contribution is 2.20. The van der Waals surface area contributed by atoms with Gasteiger partial charge in [0.05, 0.1) is 13.7 Å². The van der Waals surface area contributed by atoms with Crippen LogP contribution in [0.5, 0.6) is 5.75 Å². The van der Waals surface area contributed by atoms with Crippen molar-refractivity contribution in [3.05, 3.63) is 29.8 Å². The van der Waals surface area contributed by atoms with Crippen LogP contribution in [0.3, 0.4) is 0 Å². The van der Waals surface area contributed by atoms with Gasteiger partial charge in [-0.15, -0.1) is 0 Å². The van der Waals surface area contributed by atoms with Gasteiger partial charge in [0.25, 0.3) is 0 Å². The first-order chi connectivity index (χ1) is 10.0. The van der Waals surface area contributed by atoms with Gasteiger partial charge < -0.3 is 20.3 Å². The molecule has 2 N–H and O–H groups in total. The number of para-hydroxylation sites is 1. The fourth-order valence-electron chi connectivity index (χ4n) is 2.24. The number of methoxy groups -OCH3 is 1. The van der Waals surface area contributed by atoms with Crippen molar-refractivity contribution in [1.82, 2.24) is 9.80 Å². The van der Waals surface area contributed by atoms with Crippen molar-refractivity contribution in [1.29, 1.82) is 0 Å². The van der Waals surface area contributed by atoms with E-state index >= 15 is 0 Å². The van der Waals surface area contributed by atoms with Gasteiger partial charge in [-0.2, -0.15) is 0 Å². The quantitative estimate of drug-likeness (QED) is 0.730. The molecule has 7 nitrogen and oxygen atoms in total. The van der Waals surface area contributed by atoms with Crippen LogP contribution >= 0.6 is 0 Å². The van der Waals surface area contributed by atoms with E-state index in [1.54, 1.807) is 13.2 Å². The third kappa shape index (κ3) is 3.31. The summed E-state index contributed by atoms with van der Waals surface area (Å²) >= 11 is 0. The summed E-state index contributed by atoms with van der Waals surface area (Å²) in [5.41, 5.74) is 5.88. The molecule has 1 saturated heterocycles. The summed E-state index contributed by atoms with van der Waals surface area (Å²) in [4.78, 5) is 37.4. The number of piperazine rings is 1. The summed E-state index contributed by atoms with van der Waals surface area (Å²) in [6, 6.07) is 7.31. The summed E-state index contributed by atoms with van der Waals surface area (Å²) < 4.78 is 5.23. The van der Waals surface area contributed by atoms with Crippen molar-refractivity contribution < 1.29 is 19.1 Å². The Kier molecular flexibility index (Phi) is 4.42. The molecule has 3 amide bonds. The van der Waals surface area contributed by atoms with Crippen LogP contribution < -0.4 is 10.5 Å². The summed E-state index contributed by atoms with van der Waals surface area (Å²) in [6.07, 6.45) is 0. The van der Waals surface area contributed by atoms with Crippen LogP contribution in [-0.2, 0) is 20.9 Å². The second kappa shape index (κ2) is 6.25. The van der Waals surface area contributed by atoms with Crippen LogP contribution in [0.25, 0.3) is 0 Å². The molecule has 0 unspecified atom stereocenters. The Morgan fingerprint density at radius 3 is 2.48 bits per heavy atom. The predicted octanol–water partition coefficient (Wildman–Crippen LogP) is -0.649. The SMILES string of the molecule is COc1ccccc1CN1CCN(CC(N)=O)C(=O)C1=O. The van der Waals surface area contributed by atoms with Crippen LogP contribution in [-0.4, -0.2) is 54.3 Å². The molecule has 0 bridgehead atoms. The molecule has 0 atom stereocenters. The minimum absolute atomic E-state index is 0.229. The molecule has 21 heavy (non-hydrogen) atoms. The van der Waals surface area contributed by atoms with E-state index in [9.17, 15) is 14.4 Å². The van der Waals surface area contributed by atoms with Crippen LogP contribution in [0, 0.1) is 0 Å². The minimum Gasteiger partial charge on any atom is -0.496 e. The fraction of sp³-hybridized carbons (Fsp3) is 0.357. The number of hydrogen-bond donors (Lipinski definition) is 1. The van der Waals surface area contributed by atoms with E-state index in [1.165, 1.54) is 9.80 Å². The number of rotatable bonds is 5. The highest BCUT2D eigenvalue weighted by atomic mass is 16.5. The maximum Gasteiger partial charge on any atom is 0.312 e. The Bertz CT molecular complexity index is 573. The highest BCUT2D eigenvalue weighted by molar-refractivity contribution is 6.35. The molecule has 1 aromatic rings. The number of benzene rings is 1. The number of carbonyl (C=O) groups excluding carboxylic acids is 3. The lowest BCUT2D eigenvalue weighted by molar-refractivity contribution is -0.157. The summed E-state index contributed by atoms with van der Waals surface area (Å²) in [5.74, 6) is -1.30. The zero-order valence-electron chi connectivity index (χ0n) is 11.7. The number of ether oxygens (including phenoxy) is 1. The lowest BCUT2D eigenvalue weighted by Crippen LogP contribution is -2.55. The number of nitrogens with two attached hydrogens (primary N) is 1. The van der Waals surface area contributed by atoms with Crippen molar-refractivity contribution in [3.8, 4) is 5.75 Å². The van der Waals surface area contributed by atoms with Gasteiger partial charge in [0, 0.05) is 25.2 Å². The molecule has 0 radical (unpaired) electrons. The van der Waals surface area contributed by atoms with E-state index in [2.05, 4.69) is 0 Å². The minimum atomic E-state index is -0.699. The number of nitrogens with zero attached hydrogens (tertiary/aromatic N) is 2. The number of carbonyl (C=O) groups is 3. The van der Waals surface area contributed by atoms with Crippen molar-refractivity contribution in [2.24, 2.45) is 5.73 Å². The van der Waals surface area contributed by atoms with E-state index in [-0.39, 0.29) is 6.54 Å². The second-order valence-corrected chi connectivity index (χ2v) is 4.73.